The first-order valence-electron chi connectivity index (χ1n) is 6.60. The highest BCUT2D eigenvalue weighted by atomic mass is 35.5. The quantitative estimate of drug-likeness (QED) is 0.656. The lowest BCUT2D eigenvalue weighted by Gasteiger charge is -2.09. The maximum atomic E-state index is 13.5. The van der Waals surface area contributed by atoms with Gasteiger partial charge in [-0.2, -0.15) is 0 Å². The van der Waals surface area contributed by atoms with Crippen LogP contribution in [0.2, 0.25) is 0 Å². The molecule has 3 aromatic rings. The van der Waals surface area contributed by atoms with E-state index in [9.17, 15) is 8.78 Å². The minimum Gasteiger partial charge on any atom is -0.296 e. The van der Waals surface area contributed by atoms with Crippen molar-refractivity contribution in [3.63, 3.8) is 0 Å². The number of para-hydroxylation sites is 1. The summed E-state index contributed by atoms with van der Waals surface area (Å²) in [6.45, 7) is 1.97. The highest BCUT2D eigenvalue weighted by molar-refractivity contribution is 6.17. The van der Waals surface area contributed by atoms with E-state index in [0.29, 0.717) is 18.0 Å². The average Bonchev–Trinajstić information content (AvgIpc) is 2.82. The van der Waals surface area contributed by atoms with E-state index in [1.165, 1.54) is 6.07 Å². The molecule has 0 N–H and O–H groups in total. The monoisotopic (exact) mass is 306 g/mol. The number of hydrogen-bond acceptors (Lipinski definition) is 1. The van der Waals surface area contributed by atoms with Crippen LogP contribution in [0.3, 0.4) is 0 Å². The third kappa shape index (κ3) is 2.40. The Kier molecular flexibility index (Phi) is 3.64. The van der Waals surface area contributed by atoms with E-state index in [0.717, 1.165) is 28.5 Å². The van der Waals surface area contributed by atoms with E-state index in [1.54, 1.807) is 6.07 Å². The van der Waals surface area contributed by atoms with Gasteiger partial charge in [0.1, 0.15) is 5.82 Å². The van der Waals surface area contributed by atoms with Crippen molar-refractivity contribution >= 4 is 22.6 Å². The third-order valence-corrected chi connectivity index (χ3v) is 3.62. The van der Waals surface area contributed by atoms with Crippen LogP contribution in [0.15, 0.2) is 36.4 Å². The minimum absolute atomic E-state index is 0.409. The first kappa shape index (κ1) is 14.0. The molecule has 0 aliphatic heterocycles. The Labute approximate surface area is 126 Å². The second-order valence-corrected chi connectivity index (χ2v) is 5.22. The lowest BCUT2D eigenvalue weighted by molar-refractivity contribution is 0.508. The van der Waals surface area contributed by atoms with Crippen LogP contribution in [-0.4, -0.2) is 15.4 Å². The van der Waals surface area contributed by atoms with E-state index >= 15 is 0 Å². The fraction of sp³-hybridized carbons (Fsp3) is 0.188. The Morgan fingerprint density at radius 1 is 1.14 bits per heavy atom. The maximum absolute atomic E-state index is 13.5. The fourth-order valence-corrected chi connectivity index (χ4v) is 2.62. The second-order valence-electron chi connectivity index (χ2n) is 4.84. The lowest BCUT2D eigenvalue weighted by Crippen LogP contribution is -2.03. The molecule has 5 heteroatoms. The van der Waals surface area contributed by atoms with Gasteiger partial charge in [-0.1, -0.05) is 12.1 Å². The summed E-state index contributed by atoms with van der Waals surface area (Å²) in [5.41, 5.74) is 3.29. The number of aryl methyl sites for hydroxylation is 2. The van der Waals surface area contributed by atoms with Crippen molar-refractivity contribution in [2.75, 3.05) is 5.88 Å². The predicted molar refractivity (Wildman–Crippen MR) is 80.1 cm³/mol. The van der Waals surface area contributed by atoms with E-state index in [1.807, 2.05) is 29.7 Å². The summed E-state index contributed by atoms with van der Waals surface area (Å²) in [7, 11) is 0. The second kappa shape index (κ2) is 5.45. The fourth-order valence-electron chi connectivity index (χ4n) is 2.45. The van der Waals surface area contributed by atoms with Crippen LogP contribution in [-0.2, 0) is 6.42 Å². The maximum Gasteiger partial charge on any atom is 0.160 e. The van der Waals surface area contributed by atoms with Crippen LogP contribution in [0, 0.1) is 18.6 Å². The first-order valence-corrected chi connectivity index (χ1v) is 7.13. The van der Waals surface area contributed by atoms with Gasteiger partial charge in [0.15, 0.2) is 11.6 Å². The van der Waals surface area contributed by atoms with Crippen molar-refractivity contribution in [1.29, 1.82) is 0 Å². The number of aromatic nitrogens is 2. The van der Waals surface area contributed by atoms with Crippen molar-refractivity contribution in [2.45, 2.75) is 13.3 Å². The number of rotatable bonds is 3. The van der Waals surface area contributed by atoms with Crippen molar-refractivity contribution in [2.24, 2.45) is 0 Å². The number of halogens is 3. The highest BCUT2D eigenvalue weighted by Gasteiger charge is 2.14. The van der Waals surface area contributed by atoms with E-state index in [-0.39, 0.29) is 0 Å². The van der Waals surface area contributed by atoms with E-state index in [4.69, 9.17) is 11.6 Å². The topological polar surface area (TPSA) is 17.8 Å². The molecule has 21 heavy (non-hydrogen) atoms. The van der Waals surface area contributed by atoms with Crippen molar-refractivity contribution in [3.05, 3.63) is 59.4 Å². The highest BCUT2D eigenvalue weighted by Crippen LogP contribution is 2.25. The Balaban J connectivity index is 2.30. The lowest BCUT2D eigenvalue weighted by atomic mass is 10.2. The third-order valence-electron chi connectivity index (χ3n) is 3.44. The normalized spacial score (nSPS) is 11.2. The summed E-state index contributed by atoms with van der Waals surface area (Å²) in [6.07, 6.45) is 0.550. The number of imidazole rings is 1. The molecule has 0 amide bonds. The van der Waals surface area contributed by atoms with Crippen molar-refractivity contribution in [3.8, 4) is 5.69 Å². The molecule has 1 aromatic heterocycles. The Morgan fingerprint density at radius 3 is 2.67 bits per heavy atom. The van der Waals surface area contributed by atoms with Crippen LogP contribution < -0.4 is 0 Å². The number of benzene rings is 2. The number of fused-ring (bicyclic) bond motifs is 1. The molecule has 0 spiro atoms. The standard InChI is InChI=1S/C16H13ClF2N2/c1-10-3-2-4-14-16(10)20-15(7-8-17)21(14)11-5-6-12(18)13(19)9-11/h2-6,9H,7-8H2,1H3. The molecule has 3 rings (SSSR count). The van der Waals surface area contributed by atoms with Gasteiger partial charge in [0.25, 0.3) is 0 Å². The molecule has 0 unspecified atom stereocenters. The van der Waals surface area contributed by atoms with Crippen LogP contribution >= 0.6 is 11.6 Å². The average molecular weight is 307 g/mol. The molecular weight excluding hydrogens is 294 g/mol. The molecule has 108 valence electrons. The molecular formula is C16H13ClF2N2. The summed E-state index contributed by atoms with van der Waals surface area (Å²) >= 11 is 5.83. The molecule has 1 heterocycles. The van der Waals surface area contributed by atoms with Gasteiger partial charge in [0.05, 0.1) is 16.7 Å². The summed E-state index contributed by atoms with van der Waals surface area (Å²) in [5.74, 6) is -0.594. The van der Waals surface area contributed by atoms with Gasteiger partial charge in [-0.05, 0) is 30.7 Å². The molecule has 2 nitrogen and oxygen atoms in total. The molecule has 0 aliphatic carbocycles. The molecule has 2 aromatic carbocycles. The summed E-state index contributed by atoms with van der Waals surface area (Å²) in [5, 5.41) is 0. The van der Waals surface area contributed by atoms with Gasteiger partial charge in [0, 0.05) is 18.4 Å². The summed E-state index contributed by atoms with van der Waals surface area (Å²) in [4.78, 5) is 4.59. The molecule has 0 fully saturated rings. The Bertz CT molecular complexity index is 811. The number of nitrogens with zero attached hydrogens (tertiary/aromatic N) is 2. The molecule has 0 atom stereocenters. The number of hydrogen-bond donors (Lipinski definition) is 0. The predicted octanol–water partition coefficient (Wildman–Crippen LogP) is 4.39. The van der Waals surface area contributed by atoms with E-state index < -0.39 is 11.6 Å². The largest absolute Gasteiger partial charge is 0.296 e. The summed E-state index contributed by atoms with van der Waals surface area (Å²) < 4.78 is 28.5. The zero-order chi connectivity index (χ0) is 15.0. The van der Waals surface area contributed by atoms with Crippen LogP contribution in [0.25, 0.3) is 16.7 Å². The molecule has 0 aliphatic rings. The summed E-state index contributed by atoms with van der Waals surface area (Å²) in [6, 6.07) is 9.64. The van der Waals surface area contributed by atoms with Crippen LogP contribution in [0.5, 0.6) is 0 Å². The van der Waals surface area contributed by atoms with Crippen molar-refractivity contribution < 1.29 is 8.78 Å². The molecule has 0 saturated heterocycles. The Hall–Kier alpha value is -1.94. The van der Waals surface area contributed by atoms with Crippen molar-refractivity contribution in [1.82, 2.24) is 9.55 Å². The number of alkyl halides is 1. The SMILES string of the molecule is Cc1cccc2c1nc(CCCl)n2-c1ccc(F)c(F)c1. The zero-order valence-electron chi connectivity index (χ0n) is 11.4. The van der Waals surface area contributed by atoms with Gasteiger partial charge >= 0.3 is 0 Å². The smallest absolute Gasteiger partial charge is 0.160 e. The van der Waals surface area contributed by atoms with Gasteiger partial charge < -0.3 is 0 Å². The Morgan fingerprint density at radius 2 is 1.95 bits per heavy atom. The van der Waals surface area contributed by atoms with E-state index in [2.05, 4.69) is 4.98 Å². The van der Waals surface area contributed by atoms with Gasteiger partial charge in [-0.3, -0.25) is 4.57 Å². The van der Waals surface area contributed by atoms with Crippen LogP contribution in [0.4, 0.5) is 8.78 Å². The molecule has 0 bridgehead atoms. The van der Waals surface area contributed by atoms with Gasteiger partial charge in [-0.25, -0.2) is 13.8 Å². The first-order chi connectivity index (χ1) is 10.1. The van der Waals surface area contributed by atoms with Gasteiger partial charge in [-0.15, -0.1) is 11.6 Å². The van der Waals surface area contributed by atoms with Gasteiger partial charge in [0.2, 0.25) is 0 Å². The zero-order valence-corrected chi connectivity index (χ0v) is 12.2. The van der Waals surface area contributed by atoms with Crippen LogP contribution in [0.1, 0.15) is 11.4 Å². The molecule has 0 saturated carbocycles. The molecule has 0 radical (unpaired) electrons. The minimum atomic E-state index is -0.876.